The van der Waals surface area contributed by atoms with Crippen molar-refractivity contribution in [3.8, 4) is 50.2 Å². The Hall–Kier alpha value is -6.70. The van der Waals surface area contributed by atoms with Gasteiger partial charge in [-0.15, -0.1) is 0 Å². The summed E-state index contributed by atoms with van der Waals surface area (Å²) in [4.78, 5) is 0. The molecule has 0 aliphatic heterocycles. The highest BCUT2D eigenvalue weighted by Crippen LogP contribution is 2.44. The molecule has 0 atom stereocenters. The van der Waals surface area contributed by atoms with Crippen LogP contribution in [0.15, 0.2) is 194 Å². The summed E-state index contributed by atoms with van der Waals surface area (Å²) < 4.78 is 2.44. The Bertz CT molecular complexity index is 2710. The third-order valence-electron chi connectivity index (χ3n) is 10.6. The second-order valence-corrected chi connectivity index (χ2v) is 13.7. The van der Waals surface area contributed by atoms with Gasteiger partial charge in [-0.25, -0.2) is 0 Å². The zero-order valence-electron chi connectivity index (χ0n) is 28.7. The predicted octanol–water partition coefficient (Wildman–Crippen LogP) is 13.5. The zero-order valence-corrected chi connectivity index (χ0v) is 28.7. The van der Waals surface area contributed by atoms with Crippen molar-refractivity contribution in [2.75, 3.05) is 0 Å². The maximum atomic E-state index is 2.49. The van der Waals surface area contributed by atoms with Crippen LogP contribution in [-0.2, 0) is 6.42 Å². The summed E-state index contributed by atoms with van der Waals surface area (Å²) in [6, 6.07) is 70.8. The van der Waals surface area contributed by atoms with Gasteiger partial charge in [0, 0.05) is 16.5 Å². The van der Waals surface area contributed by atoms with Crippen LogP contribution in [0, 0.1) is 0 Å². The molecule has 52 heavy (non-hydrogen) atoms. The molecule has 0 fully saturated rings. The predicted molar refractivity (Wildman–Crippen MR) is 221 cm³/mol. The molecule has 0 radical (unpaired) electrons. The van der Waals surface area contributed by atoms with Crippen LogP contribution in [0.2, 0.25) is 0 Å². The van der Waals surface area contributed by atoms with Crippen molar-refractivity contribution in [3.63, 3.8) is 0 Å². The summed E-state index contributed by atoms with van der Waals surface area (Å²) in [5, 5.41) is 2.55. The van der Waals surface area contributed by atoms with Crippen LogP contribution in [0.25, 0.3) is 83.6 Å². The van der Waals surface area contributed by atoms with E-state index in [9.17, 15) is 0 Å². The first-order valence-corrected chi connectivity index (χ1v) is 18.1. The molecule has 0 unspecified atom stereocenters. The van der Waals surface area contributed by atoms with Gasteiger partial charge in [-0.1, -0.05) is 152 Å². The van der Waals surface area contributed by atoms with Crippen molar-refractivity contribution in [3.05, 3.63) is 211 Å². The molecule has 1 aliphatic rings. The fourth-order valence-electron chi connectivity index (χ4n) is 8.14. The average Bonchev–Trinajstić information content (AvgIpc) is 3.46. The second-order valence-electron chi connectivity index (χ2n) is 13.7. The minimum absolute atomic E-state index is 0.846. The number of rotatable bonds is 5. The second kappa shape index (κ2) is 12.6. The standard InChI is InChI=1S/C51H35N/c1-4-14-35(15-5-1)38-24-26-44(27-25-38)52-49-23-13-12-22-47(49)51-48-34-43(30-39-20-10-11-21-45(39)46(48)28-29-50(51)52)42-32-40(36-16-6-2-7-17-36)31-41(33-42)37-18-8-3-9-19-37/h1-29,31-34H,30H2. The summed E-state index contributed by atoms with van der Waals surface area (Å²) in [5.74, 6) is 0. The van der Waals surface area contributed by atoms with Crippen molar-refractivity contribution in [1.29, 1.82) is 0 Å². The number of hydrogen-bond donors (Lipinski definition) is 0. The van der Waals surface area contributed by atoms with E-state index in [-0.39, 0.29) is 0 Å². The number of nitrogens with zero attached hydrogens (tertiary/aromatic N) is 1. The van der Waals surface area contributed by atoms with Crippen LogP contribution >= 0.6 is 0 Å². The highest BCUT2D eigenvalue weighted by molar-refractivity contribution is 6.16. The minimum Gasteiger partial charge on any atom is -0.309 e. The molecular weight excluding hydrogens is 627 g/mol. The normalized spacial score (nSPS) is 12.3. The topological polar surface area (TPSA) is 4.93 Å². The number of benzene rings is 8. The molecule has 244 valence electrons. The van der Waals surface area contributed by atoms with Gasteiger partial charge in [0.15, 0.2) is 0 Å². The molecule has 8 aromatic carbocycles. The summed E-state index contributed by atoms with van der Waals surface area (Å²) in [7, 11) is 0. The third kappa shape index (κ3) is 5.18. The molecule has 1 nitrogen and oxygen atoms in total. The molecule has 0 saturated heterocycles. The fourth-order valence-corrected chi connectivity index (χ4v) is 8.14. The first kappa shape index (κ1) is 30.2. The third-order valence-corrected chi connectivity index (χ3v) is 10.6. The quantitative estimate of drug-likeness (QED) is 0.173. The van der Waals surface area contributed by atoms with Gasteiger partial charge in [-0.05, 0) is 122 Å². The van der Waals surface area contributed by atoms with Gasteiger partial charge in [-0.3, -0.25) is 0 Å². The van der Waals surface area contributed by atoms with Crippen LogP contribution < -0.4 is 0 Å². The van der Waals surface area contributed by atoms with Gasteiger partial charge < -0.3 is 4.57 Å². The molecule has 1 aromatic heterocycles. The maximum Gasteiger partial charge on any atom is 0.0547 e. The lowest BCUT2D eigenvalue weighted by Gasteiger charge is -2.14. The Kier molecular flexibility index (Phi) is 7.29. The zero-order chi connectivity index (χ0) is 34.4. The molecule has 0 bridgehead atoms. The fraction of sp³-hybridized carbons (Fsp3) is 0.0196. The largest absolute Gasteiger partial charge is 0.309 e. The van der Waals surface area contributed by atoms with Crippen molar-refractivity contribution >= 4 is 33.5 Å². The number of aromatic nitrogens is 1. The highest BCUT2D eigenvalue weighted by atomic mass is 15.0. The van der Waals surface area contributed by atoms with Gasteiger partial charge in [-0.2, -0.15) is 0 Å². The van der Waals surface area contributed by atoms with Crippen LogP contribution in [0.4, 0.5) is 0 Å². The molecule has 0 amide bonds. The molecule has 0 spiro atoms. The van der Waals surface area contributed by atoms with Gasteiger partial charge in [0.25, 0.3) is 0 Å². The number of para-hydroxylation sites is 1. The Balaban J connectivity index is 1.22. The van der Waals surface area contributed by atoms with Crippen LogP contribution in [0.1, 0.15) is 16.7 Å². The lowest BCUT2D eigenvalue weighted by atomic mass is 9.90. The van der Waals surface area contributed by atoms with Crippen molar-refractivity contribution in [2.24, 2.45) is 0 Å². The Morgan fingerprint density at radius 3 is 1.58 bits per heavy atom. The molecule has 1 heterocycles. The Morgan fingerprint density at radius 2 is 0.904 bits per heavy atom. The first-order chi connectivity index (χ1) is 25.8. The smallest absolute Gasteiger partial charge is 0.0547 e. The first-order valence-electron chi connectivity index (χ1n) is 18.1. The maximum absolute atomic E-state index is 2.49. The molecule has 10 rings (SSSR count). The number of hydrogen-bond acceptors (Lipinski definition) is 0. The van der Waals surface area contributed by atoms with Gasteiger partial charge in [0.2, 0.25) is 0 Å². The van der Waals surface area contributed by atoms with E-state index in [1.165, 1.54) is 88.6 Å². The molecule has 0 N–H and O–H groups in total. The molecule has 1 aliphatic carbocycles. The van der Waals surface area contributed by atoms with Gasteiger partial charge in [0.1, 0.15) is 0 Å². The number of allylic oxidation sites excluding steroid dienone is 1. The highest BCUT2D eigenvalue weighted by Gasteiger charge is 2.23. The summed E-state index contributed by atoms with van der Waals surface area (Å²) >= 11 is 0. The van der Waals surface area contributed by atoms with Crippen LogP contribution in [0.5, 0.6) is 0 Å². The molecular formula is C51H35N. The summed E-state index contributed by atoms with van der Waals surface area (Å²) in [6.45, 7) is 0. The molecule has 9 aromatic rings. The van der Waals surface area contributed by atoms with Crippen molar-refractivity contribution in [1.82, 2.24) is 4.57 Å². The monoisotopic (exact) mass is 661 g/mol. The Labute approximate surface area is 304 Å². The van der Waals surface area contributed by atoms with Crippen LogP contribution in [-0.4, -0.2) is 4.57 Å². The van der Waals surface area contributed by atoms with Crippen LogP contribution in [0.3, 0.4) is 0 Å². The van der Waals surface area contributed by atoms with E-state index in [0.29, 0.717) is 0 Å². The van der Waals surface area contributed by atoms with E-state index >= 15 is 0 Å². The van der Waals surface area contributed by atoms with E-state index in [4.69, 9.17) is 0 Å². The van der Waals surface area contributed by atoms with Gasteiger partial charge >= 0.3 is 0 Å². The van der Waals surface area contributed by atoms with E-state index in [0.717, 1.165) is 12.1 Å². The number of fused-ring (bicyclic) bond motifs is 7. The van der Waals surface area contributed by atoms with E-state index < -0.39 is 0 Å². The van der Waals surface area contributed by atoms with Crippen molar-refractivity contribution < 1.29 is 0 Å². The average molecular weight is 662 g/mol. The summed E-state index contributed by atoms with van der Waals surface area (Å²) in [5.41, 5.74) is 18.7. The van der Waals surface area contributed by atoms with E-state index in [1.54, 1.807) is 0 Å². The van der Waals surface area contributed by atoms with E-state index in [2.05, 4.69) is 205 Å². The van der Waals surface area contributed by atoms with Gasteiger partial charge in [0.05, 0.1) is 11.0 Å². The molecule has 0 saturated carbocycles. The molecule has 1 heteroatoms. The SMILES string of the molecule is C1=C(c2cc(-c3ccccc3)cc(-c3ccccc3)c2)Cc2ccccc2-c2ccc3c(c21)c1ccccc1n3-c1ccc(-c2ccccc2)cc1. The Morgan fingerprint density at radius 1 is 0.365 bits per heavy atom. The summed E-state index contributed by atoms with van der Waals surface area (Å²) in [6.07, 6.45) is 3.34. The van der Waals surface area contributed by atoms with E-state index in [1.807, 2.05) is 0 Å². The lowest BCUT2D eigenvalue weighted by molar-refractivity contribution is 1.18. The lowest BCUT2D eigenvalue weighted by Crippen LogP contribution is -1.94. The minimum atomic E-state index is 0.846. The van der Waals surface area contributed by atoms with Crippen molar-refractivity contribution in [2.45, 2.75) is 6.42 Å².